The summed E-state index contributed by atoms with van der Waals surface area (Å²) in [5, 5.41) is 1.17. The number of anilines is 1. The van der Waals surface area contributed by atoms with E-state index in [0.29, 0.717) is 0 Å². The Kier molecular flexibility index (Phi) is 5.03. The summed E-state index contributed by atoms with van der Waals surface area (Å²) >= 11 is 0. The molecule has 158 valence electrons. The summed E-state index contributed by atoms with van der Waals surface area (Å²) in [7, 11) is 2.20. The fraction of sp³-hybridized carbons (Fsp3) is 0.296. The molecule has 3 heterocycles. The number of likely N-dealkylation sites (N-methyl/N-ethyl adjacent to an activating group) is 1. The molecule has 0 radical (unpaired) electrons. The van der Waals surface area contributed by atoms with Gasteiger partial charge in [0.15, 0.2) is 0 Å². The molecule has 0 bridgehead atoms. The molecule has 1 saturated heterocycles. The van der Waals surface area contributed by atoms with Gasteiger partial charge in [-0.25, -0.2) is 4.98 Å². The molecule has 2 aromatic heterocycles. The monoisotopic (exact) mass is 410 g/mol. The van der Waals surface area contributed by atoms with E-state index >= 15 is 0 Å². The lowest BCUT2D eigenvalue weighted by molar-refractivity contribution is 0.312. The predicted octanol–water partition coefficient (Wildman–Crippen LogP) is 5.57. The summed E-state index contributed by atoms with van der Waals surface area (Å²) in [6.07, 6.45) is 4.06. The van der Waals surface area contributed by atoms with Gasteiger partial charge >= 0.3 is 0 Å². The lowest BCUT2D eigenvalue weighted by atomic mass is 9.97. The second-order valence-corrected chi connectivity index (χ2v) is 8.94. The zero-order valence-electron chi connectivity index (χ0n) is 18.9. The van der Waals surface area contributed by atoms with Crippen molar-refractivity contribution in [1.29, 1.82) is 0 Å². The molecule has 4 nitrogen and oxygen atoms in total. The second kappa shape index (κ2) is 7.86. The standard InChI is InChI=1S/C27H30N4/c1-18-6-5-7-21(12-18)25-17-29-27-24(25)15-23(16-28-27)22-13-19(2)26(20(3)14-22)31-10-8-30(4)9-11-31/h5-7,12-17H,8-11H2,1-4H3,(H,28,29). The van der Waals surface area contributed by atoms with Gasteiger partial charge in [0.05, 0.1) is 0 Å². The minimum Gasteiger partial charge on any atom is -0.369 e. The molecule has 1 aliphatic heterocycles. The van der Waals surface area contributed by atoms with Crippen molar-refractivity contribution in [2.75, 3.05) is 38.1 Å². The third-order valence-electron chi connectivity index (χ3n) is 6.50. The van der Waals surface area contributed by atoms with Crippen LogP contribution in [0.4, 0.5) is 5.69 Å². The second-order valence-electron chi connectivity index (χ2n) is 8.94. The van der Waals surface area contributed by atoms with Crippen LogP contribution < -0.4 is 4.90 Å². The minimum absolute atomic E-state index is 0.933. The molecule has 1 fully saturated rings. The van der Waals surface area contributed by atoms with E-state index in [2.05, 4.69) is 91.3 Å². The van der Waals surface area contributed by atoms with E-state index in [4.69, 9.17) is 4.98 Å². The third kappa shape index (κ3) is 3.72. The van der Waals surface area contributed by atoms with Crippen LogP contribution in [0.3, 0.4) is 0 Å². The Bertz CT molecular complexity index is 1220. The highest BCUT2D eigenvalue weighted by Gasteiger charge is 2.19. The van der Waals surface area contributed by atoms with Crippen molar-refractivity contribution in [3.8, 4) is 22.3 Å². The molecule has 2 aromatic carbocycles. The lowest BCUT2D eigenvalue weighted by Crippen LogP contribution is -2.45. The molecule has 1 N–H and O–H groups in total. The molecule has 4 heteroatoms. The maximum absolute atomic E-state index is 4.73. The zero-order chi connectivity index (χ0) is 21.5. The highest BCUT2D eigenvalue weighted by molar-refractivity contribution is 5.96. The van der Waals surface area contributed by atoms with Crippen LogP contribution in [0.15, 0.2) is 54.9 Å². The quantitative estimate of drug-likeness (QED) is 0.479. The predicted molar refractivity (Wildman–Crippen MR) is 131 cm³/mol. The van der Waals surface area contributed by atoms with Crippen molar-refractivity contribution in [1.82, 2.24) is 14.9 Å². The fourth-order valence-corrected chi connectivity index (χ4v) is 4.86. The van der Waals surface area contributed by atoms with Crippen LogP contribution in [0, 0.1) is 20.8 Å². The number of nitrogens with one attached hydrogen (secondary N) is 1. The smallest absolute Gasteiger partial charge is 0.137 e. The number of piperazine rings is 1. The number of aromatic nitrogens is 2. The molecule has 0 unspecified atom stereocenters. The van der Waals surface area contributed by atoms with Crippen molar-refractivity contribution in [2.45, 2.75) is 20.8 Å². The Balaban J connectivity index is 1.54. The van der Waals surface area contributed by atoms with Gasteiger partial charge < -0.3 is 14.8 Å². The summed E-state index contributed by atoms with van der Waals surface area (Å²) in [5.74, 6) is 0. The number of fused-ring (bicyclic) bond motifs is 1. The van der Waals surface area contributed by atoms with Gasteiger partial charge in [-0.3, -0.25) is 0 Å². The van der Waals surface area contributed by atoms with Gasteiger partial charge in [0, 0.05) is 60.8 Å². The molecule has 5 rings (SSSR count). The Hall–Kier alpha value is -3.11. The molecule has 0 spiro atoms. The van der Waals surface area contributed by atoms with Gasteiger partial charge in [0.25, 0.3) is 0 Å². The van der Waals surface area contributed by atoms with Crippen LogP contribution in [0.5, 0.6) is 0 Å². The Labute approximate surface area is 184 Å². The molecule has 1 aliphatic rings. The number of hydrogen-bond donors (Lipinski definition) is 1. The largest absolute Gasteiger partial charge is 0.369 e. The average Bonchev–Trinajstić information content (AvgIpc) is 3.18. The first-order valence-electron chi connectivity index (χ1n) is 11.1. The fourth-order valence-electron chi connectivity index (χ4n) is 4.86. The Morgan fingerprint density at radius 3 is 2.29 bits per heavy atom. The first kappa shape index (κ1) is 19.8. The number of aryl methyl sites for hydroxylation is 3. The Morgan fingerprint density at radius 2 is 1.58 bits per heavy atom. The molecule has 4 aromatic rings. The van der Waals surface area contributed by atoms with Crippen molar-refractivity contribution < 1.29 is 0 Å². The average molecular weight is 411 g/mol. The van der Waals surface area contributed by atoms with E-state index in [0.717, 1.165) is 37.4 Å². The van der Waals surface area contributed by atoms with Crippen molar-refractivity contribution >= 4 is 16.7 Å². The highest BCUT2D eigenvalue weighted by Crippen LogP contribution is 2.34. The summed E-state index contributed by atoms with van der Waals surface area (Å²) in [6, 6.07) is 15.6. The summed E-state index contributed by atoms with van der Waals surface area (Å²) in [5.41, 5.74) is 11.1. The Morgan fingerprint density at radius 1 is 0.839 bits per heavy atom. The van der Waals surface area contributed by atoms with E-state index in [-0.39, 0.29) is 0 Å². The molecule has 0 saturated carbocycles. The number of nitrogens with zero attached hydrogens (tertiary/aromatic N) is 3. The normalized spacial score (nSPS) is 15.0. The highest BCUT2D eigenvalue weighted by atomic mass is 15.2. The number of rotatable bonds is 3. The van der Waals surface area contributed by atoms with Gasteiger partial charge in [0.2, 0.25) is 0 Å². The van der Waals surface area contributed by atoms with E-state index < -0.39 is 0 Å². The van der Waals surface area contributed by atoms with Crippen LogP contribution in [0.1, 0.15) is 16.7 Å². The van der Waals surface area contributed by atoms with Gasteiger partial charge in [-0.15, -0.1) is 0 Å². The van der Waals surface area contributed by atoms with Crippen LogP contribution in [-0.2, 0) is 0 Å². The molecule has 0 aliphatic carbocycles. The molecular formula is C27H30N4. The van der Waals surface area contributed by atoms with E-state index in [1.54, 1.807) is 0 Å². The lowest BCUT2D eigenvalue weighted by Gasteiger charge is -2.36. The van der Waals surface area contributed by atoms with E-state index in [9.17, 15) is 0 Å². The SMILES string of the molecule is Cc1cccc(-c2c[nH]c3ncc(-c4cc(C)c(N5CCN(C)CC5)c(C)c4)cc23)c1. The van der Waals surface area contributed by atoms with Crippen LogP contribution in [0.2, 0.25) is 0 Å². The van der Waals surface area contributed by atoms with Crippen molar-refractivity contribution in [3.63, 3.8) is 0 Å². The maximum Gasteiger partial charge on any atom is 0.137 e. The topological polar surface area (TPSA) is 35.2 Å². The van der Waals surface area contributed by atoms with Gasteiger partial charge in [-0.05, 0) is 68.3 Å². The first-order valence-corrected chi connectivity index (χ1v) is 11.1. The number of H-pyrrole nitrogens is 1. The molecule has 0 atom stereocenters. The van der Waals surface area contributed by atoms with E-state index in [1.807, 2.05) is 6.20 Å². The van der Waals surface area contributed by atoms with Gasteiger partial charge in [-0.1, -0.05) is 29.8 Å². The van der Waals surface area contributed by atoms with Crippen LogP contribution >= 0.6 is 0 Å². The summed E-state index contributed by atoms with van der Waals surface area (Å²) in [4.78, 5) is 13.0. The van der Waals surface area contributed by atoms with Gasteiger partial charge in [0.1, 0.15) is 5.65 Å². The van der Waals surface area contributed by atoms with Crippen LogP contribution in [-0.4, -0.2) is 48.1 Å². The summed E-state index contributed by atoms with van der Waals surface area (Å²) < 4.78 is 0. The molecule has 31 heavy (non-hydrogen) atoms. The van der Waals surface area contributed by atoms with Crippen molar-refractivity contribution in [3.05, 3.63) is 71.5 Å². The van der Waals surface area contributed by atoms with Gasteiger partial charge in [-0.2, -0.15) is 0 Å². The minimum atomic E-state index is 0.933. The molecule has 0 amide bonds. The zero-order valence-corrected chi connectivity index (χ0v) is 18.9. The first-order chi connectivity index (χ1) is 15.0. The molecular weight excluding hydrogens is 380 g/mol. The number of pyridine rings is 1. The van der Waals surface area contributed by atoms with Crippen LogP contribution in [0.25, 0.3) is 33.3 Å². The van der Waals surface area contributed by atoms with E-state index in [1.165, 1.54) is 44.5 Å². The third-order valence-corrected chi connectivity index (χ3v) is 6.50. The summed E-state index contributed by atoms with van der Waals surface area (Å²) in [6.45, 7) is 11.0. The number of benzene rings is 2. The number of hydrogen-bond acceptors (Lipinski definition) is 3. The maximum atomic E-state index is 4.73. The van der Waals surface area contributed by atoms with Crippen molar-refractivity contribution in [2.24, 2.45) is 0 Å². The number of aromatic amines is 1.